The summed E-state index contributed by atoms with van der Waals surface area (Å²) in [5.74, 6) is -0.445. The van der Waals surface area contributed by atoms with Crippen LogP contribution in [-0.2, 0) is 11.2 Å². The summed E-state index contributed by atoms with van der Waals surface area (Å²) >= 11 is 1.36. The Kier molecular flexibility index (Phi) is 6.69. The van der Waals surface area contributed by atoms with Crippen LogP contribution >= 0.6 is 11.3 Å². The largest absolute Gasteiger partial charge is 0.340 e. The number of carbonyl (C=O) groups excluding carboxylic acids is 2. The van der Waals surface area contributed by atoms with Crippen molar-refractivity contribution in [1.29, 1.82) is 0 Å². The van der Waals surface area contributed by atoms with E-state index in [4.69, 9.17) is 0 Å². The number of carbonyl (C=O) groups is 2. The smallest absolute Gasteiger partial charge is 0.261 e. The van der Waals surface area contributed by atoms with Gasteiger partial charge in [-0.05, 0) is 48.4 Å². The summed E-state index contributed by atoms with van der Waals surface area (Å²) in [5.41, 5.74) is 1.93. The highest BCUT2D eigenvalue weighted by molar-refractivity contribution is 7.12. The molecule has 2 amide bonds. The Morgan fingerprint density at radius 1 is 1.00 bits per heavy atom. The molecule has 2 aromatic carbocycles. The molecule has 1 atom stereocenters. The molecule has 0 aliphatic heterocycles. The summed E-state index contributed by atoms with van der Waals surface area (Å²) in [7, 11) is 0. The molecule has 2 aromatic heterocycles. The summed E-state index contributed by atoms with van der Waals surface area (Å²) in [6.07, 6.45) is 5.64. The molecule has 0 aliphatic carbocycles. The van der Waals surface area contributed by atoms with E-state index in [2.05, 4.69) is 27.8 Å². The van der Waals surface area contributed by atoms with Gasteiger partial charge >= 0.3 is 0 Å². The first-order valence-electron chi connectivity index (χ1n) is 10.2. The normalized spacial score (nSPS) is 11.7. The van der Waals surface area contributed by atoms with Gasteiger partial charge in [-0.2, -0.15) is 0 Å². The van der Waals surface area contributed by atoms with Gasteiger partial charge < -0.3 is 10.6 Å². The molecule has 5 nitrogen and oxygen atoms in total. The molecule has 0 bridgehead atoms. The zero-order chi connectivity index (χ0) is 21.5. The predicted molar refractivity (Wildman–Crippen MR) is 130 cm³/mol. The minimum Gasteiger partial charge on any atom is -0.340 e. The molecule has 0 radical (unpaired) electrons. The fraction of sp³-hybridized carbons (Fsp3) is 0.160. The first-order chi connectivity index (χ1) is 15.2. The fourth-order valence-corrected chi connectivity index (χ4v) is 4.14. The number of hydrogen-bond acceptors (Lipinski definition) is 4. The van der Waals surface area contributed by atoms with Gasteiger partial charge in [0.15, 0.2) is 0 Å². The first kappa shape index (κ1) is 20.8. The number of benzene rings is 2. The number of nitrogens with zero attached hydrogens (tertiary/aromatic N) is 1. The summed E-state index contributed by atoms with van der Waals surface area (Å²) < 4.78 is 0. The quantitative estimate of drug-likeness (QED) is 0.383. The molecular weight excluding hydrogens is 406 g/mol. The van der Waals surface area contributed by atoms with E-state index < -0.39 is 6.04 Å². The number of nitrogens with one attached hydrogen (secondary N) is 2. The van der Waals surface area contributed by atoms with Crippen LogP contribution in [0.4, 0.5) is 5.69 Å². The van der Waals surface area contributed by atoms with Crippen molar-refractivity contribution in [3.05, 3.63) is 94.9 Å². The van der Waals surface area contributed by atoms with Gasteiger partial charge in [0.1, 0.15) is 6.04 Å². The van der Waals surface area contributed by atoms with Crippen LogP contribution in [0.2, 0.25) is 0 Å². The molecule has 4 aromatic rings. The standard InChI is InChI=1S/C25H23N3O2S.2H2/c29-24(27-21-11-5-10-19-17-26-15-14-20(19)21)22(28-25(30)23-13-6-16-31-23)12-4-9-18-7-2-1-3-8-18;;/h1-3,5-8,10-11,13-17,22H,4,9,12H2,(H,27,29)(H,28,30);2*1H. The van der Waals surface area contributed by atoms with Crippen LogP contribution in [0.15, 0.2) is 84.5 Å². The summed E-state index contributed by atoms with van der Waals surface area (Å²) in [6.45, 7) is 0. The molecule has 2 heterocycles. The van der Waals surface area contributed by atoms with Crippen molar-refractivity contribution in [2.45, 2.75) is 25.3 Å². The molecule has 160 valence electrons. The lowest BCUT2D eigenvalue weighted by Gasteiger charge is -2.19. The third-order valence-corrected chi connectivity index (χ3v) is 5.98. The number of thiophene rings is 1. The maximum atomic E-state index is 13.2. The third kappa shape index (κ3) is 5.35. The molecule has 0 aliphatic rings. The topological polar surface area (TPSA) is 71.1 Å². The zero-order valence-corrected chi connectivity index (χ0v) is 17.8. The van der Waals surface area contributed by atoms with Crippen LogP contribution < -0.4 is 10.6 Å². The van der Waals surface area contributed by atoms with E-state index in [9.17, 15) is 9.59 Å². The highest BCUT2D eigenvalue weighted by Crippen LogP contribution is 2.22. The monoisotopic (exact) mass is 433 g/mol. The van der Waals surface area contributed by atoms with Crippen molar-refractivity contribution >= 4 is 39.6 Å². The molecular formula is C25H27N3O2S. The number of amides is 2. The van der Waals surface area contributed by atoms with Crippen molar-refractivity contribution in [2.24, 2.45) is 0 Å². The maximum absolute atomic E-state index is 13.2. The summed E-state index contributed by atoms with van der Waals surface area (Å²) in [6, 6.07) is 20.7. The van der Waals surface area contributed by atoms with Crippen molar-refractivity contribution in [3.8, 4) is 0 Å². The lowest BCUT2D eigenvalue weighted by molar-refractivity contribution is -0.118. The molecule has 31 heavy (non-hydrogen) atoms. The van der Waals surface area contributed by atoms with Crippen molar-refractivity contribution < 1.29 is 12.4 Å². The average molecular weight is 434 g/mol. The Morgan fingerprint density at radius 3 is 2.68 bits per heavy atom. The Morgan fingerprint density at radius 2 is 1.87 bits per heavy atom. The Labute approximate surface area is 188 Å². The molecule has 4 rings (SSSR count). The second kappa shape index (κ2) is 10.00. The number of anilines is 1. The predicted octanol–water partition coefficient (Wildman–Crippen LogP) is 5.55. The highest BCUT2D eigenvalue weighted by atomic mass is 32.1. The van der Waals surface area contributed by atoms with Gasteiger partial charge in [0.2, 0.25) is 5.91 Å². The molecule has 0 saturated heterocycles. The molecule has 0 saturated carbocycles. The zero-order valence-electron chi connectivity index (χ0n) is 17.0. The minimum absolute atomic E-state index is 0. The second-order valence-corrected chi connectivity index (χ2v) is 8.22. The molecule has 6 heteroatoms. The maximum Gasteiger partial charge on any atom is 0.261 e. The lowest BCUT2D eigenvalue weighted by atomic mass is 10.0. The van der Waals surface area contributed by atoms with Gasteiger partial charge in [0, 0.05) is 31.7 Å². The molecule has 1 unspecified atom stereocenters. The molecule has 0 fully saturated rings. The SMILES string of the molecule is O=C(NC(CCCc1ccccc1)C(=O)Nc1cccc2cnccc12)c1cccs1.[HH].[HH]. The van der Waals surface area contributed by atoms with Crippen LogP contribution in [0.25, 0.3) is 10.8 Å². The summed E-state index contributed by atoms with van der Waals surface area (Å²) in [5, 5.41) is 9.64. The van der Waals surface area contributed by atoms with Crippen molar-refractivity contribution in [3.63, 3.8) is 0 Å². The van der Waals surface area contributed by atoms with E-state index >= 15 is 0 Å². The number of aryl methyl sites for hydroxylation is 1. The van der Waals surface area contributed by atoms with E-state index in [1.165, 1.54) is 16.9 Å². The van der Waals surface area contributed by atoms with Crippen LogP contribution in [0, 0.1) is 0 Å². The van der Waals surface area contributed by atoms with Gasteiger partial charge in [-0.25, -0.2) is 0 Å². The van der Waals surface area contributed by atoms with E-state index in [1.807, 2.05) is 53.9 Å². The fourth-order valence-electron chi connectivity index (χ4n) is 3.51. The minimum atomic E-state index is -0.629. The Hall–Kier alpha value is -3.51. The van der Waals surface area contributed by atoms with Gasteiger partial charge in [0.05, 0.1) is 4.88 Å². The number of aromatic nitrogens is 1. The van der Waals surface area contributed by atoms with Crippen LogP contribution in [0.5, 0.6) is 0 Å². The van der Waals surface area contributed by atoms with Gasteiger partial charge in [-0.15, -0.1) is 11.3 Å². The van der Waals surface area contributed by atoms with Crippen molar-refractivity contribution in [2.75, 3.05) is 5.32 Å². The lowest BCUT2D eigenvalue weighted by Crippen LogP contribution is -2.43. The van der Waals surface area contributed by atoms with Crippen LogP contribution in [-0.4, -0.2) is 22.8 Å². The average Bonchev–Trinajstić information content (AvgIpc) is 3.34. The first-order valence-corrected chi connectivity index (χ1v) is 11.1. The van der Waals surface area contributed by atoms with Gasteiger partial charge in [-0.1, -0.05) is 48.5 Å². The number of pyridine rings is 1. The van der Waals surface area contributed by atoms with Crippen LogP contribution in [0.3, 0.4) is 0 Å². The summed E-state index contributed by atoms with van der Waals surface area (Å²) in [4.78, 5) is 30.5. The Balaban J connectivity index is 0.00000193. The second-order valence-electron chi connectivity index (χ2n) is 7.27. The van der Waals surface area contributed by atoms with E-state index in [0.717, 1.165) is 23.6 Å². The van der Waals surface area contributed by atoms with Gasteiger partial charge in [-0.3, -0.25) is 14.6 Å². The van der Waals surface area contributed by atoms with E-state index in [-0.39, 0.29) is 14.7 Å². The number of fused-ring (bicyclic) bond motifs is 1. The van der Waals surface area contributed by atoms with E-state index in [0.29, 0.717) is 17.0 Å². The molecule has 0 spiro atoms. The van der Waals surface area contributed by atoms with Crippen LogP contribution in [0.1, 0.15) is 30.9 Å². The third-order valence-electron chi connectivity index (χ3n) is 5.11. The number of hydrogen-bond donors (Lipinski definition) is 2. The molecule has 2 N–H and O–H groups in total. The van der Waals surface area contributed by atoms with Gasteiger partial charge in [0.25, 0.3) is 5.91 Å². The Bertz CT molecular complexity index is 1170. The van der Waals surface area contributed by atoms with Crippen molar-refractivity contribution in [1.82, 2.24) is 10.3 Å². The highest BCUT2D eigenvalue weighted by Gasteiger charge is 2.22. The van der Waals surface area contributed by atoms with E-state index in [1.54, 1.807) is 18.5 Å². The number of rotatable bonds is 8.